The van der Waals surface area contributed by atoms with Gasteiger partial charge in [-0.1, -0.05) is 37.3 Å². The van der Waals surface area contributed by atoms with Crippen molar-refractivity contribution in [2.75, 3.05) is 6.61 Å². The quantitative estimate of drug-likeness (QED) is 0.839. The summed E-state index contributed by atoms with van der Waals surface area (Å²) in [5.74, 6) is 2.32. The van der Waals surface area contributed by atoms with E-state index in [-0.39, 0.29) is 6.61 Å². The average molecular weight is 244 g/mol. The lowest BCUT2D eigenvalue weighted by Crippen LogP contribution is -1.97. The zero-order valence-electron chi connectivity index (χ0n) is 10.8. The first kappa shape index (κ1) is 12.9. The van der Waals surface area contributed by atoms with Crippen molar-refractivity contribution in [2.45, 2.75) is 32.1 Å². The van der Waals surface area contributed by atoms with Gasteiger partial charge in [-0.2, -0.15) is 0 Å². The molecule has 96 valence electrons. The predicted molar refractivity (Wildman–Crippen MR) is 72.7 cm³/mol. The maximum absolute atomic E-state index is 8.83. The van der Waals surface area contributed by atoms with E-state index in [9.17, 15) is 0 Å². The number of hydrogen-bond donors (Lipinski definition) is 1. The van der Waals surface area contributed by atoms with E-state index in [0.717, 1.165) is 30.8 Å². The second-order valence-corrected chi connectivity index (χ2v) is 4.50. The van der Waals surface area contributed by atoms with Gasteiger partial charge in [0.25, 0.3) is 0 Å². The largest absolute Gasteiger partial charge is 0.465 e. The molecule has 1 aromatic heterocycles. The third kappa shape index (κ3) is 3.02. The Morgan fingerprint density at radius 2 is 1.89 bits per heavy atom. The molecule has 0 bridgehead atoms. The molecule has 0 saturated heterocycles. The van der Waals surface area contributed by atoms with E-state index in [4.69, 9.17) is 9.52 Å². The Morgan fingerprint density at radius 1 is 1.11 bits per heavy atom. The van der Waals surface area contributed by atoms with E-state index in [2.05, 4.69) is 37.3 Å². The Labute approximate surface area is 108 Å². The summed E-state index contributed by atoms with van der Waals surface area (Å²) in [6.45, 7) is 2.39. The van der Waals surface area contributed by atoms with E-state index < -0.39 is 0 Å². The second-order valence-electron chi connectivity index (χ2n) is 4.50. The van der Waals surface area contributed by atoms with Crippen molar-refractivity contribution in [1.82, 2.24) is 0 Å². The summed E-state index contributed by atoms with van der Waals surface area (Å²) in [6, 6.07) is 14.5. The number of aliphatic hydroxyl groups is 1. The van der Waals surface area contributed by atoms with Crippen molar-refractivity contribution < 1.29 is 9.52 Å². The molecular formula is C16H20O2. The van der Waals surface area contributed by atoms with Crippen LogP contribution < -0.4 is 0 Å². The van der Waals surface area contributed by atoms with Crippen molar-refractivity contribution in [3.63, 3.8) is 0 Å². The number of benzene rings is 1. The lowest BCUT2D eigenvalue weighted by Gasteiger charge is -2.12. The third-order valence-electron chi connectivity index (χ3n) is 3.22. The summed E-state index contributed by atoms with van der Waals surface area (Å²) in [6.07, 6.45) is 2.59. The van der Waals surface area contributed by atoms with Gasteiger partial charge in [0.2, 0.25) is 0 Å². The molecule has 0 spiro atoms. The van der Waals surface area contributed by atoms with Gasteiger partial charge in [-0.15, -0.1) is 0 Å². The molecule has 0 radical (unpaired) electrons. The summed E-state index contributed by atoms with van der Waals surface area (Å²) >= 11 is 0. The molecule has 1 atom stereocenters. The fourth-order valence-corrected chi connectivity index (χ4v) is 2.26. The second kappa shape index (κ2) is 6.41. The summed E-state index contributed by atoms with van der Waals surface area (Å²) < 4.78 is 5.88. The molecule has 2 rings (SSSR count). The molecule has 0 aliphatic rings. The molecule has 0 aliphatic carbocycles. The minimum Gasteiger partial charge on any atom is -0.465 e. The zero-order valence-corrected chi connectivity index (χ0v) is 10.8. The summed E-state index contributed by atoms with van der Waals surface area (Å²) in [5.41, 5.74) is 1.29. The fourth-order valence-electron chi connectivity index (χ4n) is 2.26. The van der Waals surface area contributed by atoms with Crippen molar-refractivity contribution in [2.24, 2.45) is 0 Å². The molecule has 1 heterocycles. The number of aryl methyl sites for hydroxylation is 1. The number of furan rings is 1. The van der Waals surface area contributed by atoms with E-state index in [1.54, 1.807) is 0 Å². The van der Waals surface area contributed by atoms with Gasteiger partial charge in [-0.25, -0.2) is 0 Å². The van der Waals surface area contributed by atoms with Crippen molar-refractivity contribution in [1.29, 1.82) is 0 Å². The van der Waals surface area contributed by atoms with Crippen LogP contribution in [0.15, 0.2) is 46.9 Å². The van der Waals surface area contributed by atoms with E-state index >= 15 is 0 Å². The normalized spacial score (nSPS) is 12.6. The van der Waals surface area contributed by atoms with Crippen LogP contribution in [0.25, 0.3) is 0 Å². The maximum Gasteiger partial charge on any atom is 0.111 e. The Kier molecular flexibility index (Phi) is 4.59. The van der Waals surface area contributed by atoms with Crippen LogP contribution in [0.3, 0.4) is 0 Å². The number of hydrogen-bond acceptors (Lipinski definition) is 2. The molecule has 1 N–H and O–H groups in total. The number of aliphatic hydroxyl groups excluding tert-OH is 1. The SMILES string of the molecule is CCC(c1ccccc1)c1ccc(CCCO)o1. The Bertz CT molecular complexity index is 459. The van der Waals surface area contributed by atoms with Crippen molar-refractivity contribution in [3.05, 3.63) is 59.5 Å². The highest BCUT2D eigenvalue weighted by Gasteiger charge is 2.15. The molecule has 0 aliphatic heterocycles. The van der Waals surface area contributed by atoms with Crippen LogP contribution in [-0.4, -0.2) is 11.7 Å². The van der Waals surface area contributed by atoms with Gasteiger partial charge in [0.15, 0.2) is 0 Å². The van der Waals surface area contributed by atoms with Crippen molar-refractivity contribution in [3.8, 4) is 0 Å². The van der Waals surface area contributed by atoms with Crippen LogP contribution in [0.1, 0.15) is 42.8 Å². The van der Waals surface area contributed by atoms with Gasteiger partial charge in [-0.05, 0) is 30.5 Å². The first-order valence-electron chi connectivity index (χ1n) is 6.59. The minimum atomic E-state index is 0.214. The van der Waals surface area contributed by atoms with Gasteiger partial charge in [0.05, 0.1) is 0 Å². The third-order valence-corrected chi connectivity index (χ3v) is 3.22. The van der Waals surface area contributed by atoms with Crippen LogP contribution in [-0.2, 0) is 6.42 Å². The summed E-state index contributed by atoms with van der Waals surface area (Å²) in [5, 5.41) is 8.83. The van der Waals surface area contributed by atoms with E-state index in [1.807, 2.05) is 12.1 Å². The lowest BCUT2D eigenvalue weighted by atomic mass is 9.94. The van der Waals surface area contributed by atoms with Crippen LogP contribution in [0.2, 0.25) is 0 Å². The monoisotopic (exact) mass is 244 g/mol. The number of rotatable bonds is 6. The summed E-state index contributed by atoms with van der Waals surface area (Å²) in [7, 11) is 0. The Hall–Kier alpha value is -1.54. The molecule has 18 heavy (non-hydrogen) atoms. The van der Waals surface area contributed by atoms with Crippen molar-refractivity contribution >= 4 is 0 Å². The summed E-state index contributed by atoms with van der Waals surface area (Å²) in [4.78, 5) is 0. The smallest absolute Gasteiger partial charge is 0.111 e. The molecular weight excluding hydrogens is 224 g/mol. The topological polar surface area (TPSA) is 33.4 Å². The maximum atomic E-state index is 8.83. The molecule has 1 aromatic carbocycles. The molecule has 1 unspecified atom stereocenters. The van der Waals surface area contributed by atoms with Gasteiger partial charge < -0.3 is 9.52 Å². The average Bonchev–Trinajstić information content (AvgIpc) is 2.87. The molecule has 2 nitrogen and oxygen atoms in total. The highest BCUT2D eigenvalue weighted by atomic mass is 16.3. The molecule has 0 saturated carbocycles. The minimum absolute atomic E-state index is 0.214. The van der Waals surface area contributed by atoms with Crippen LogP contribution >= 0.6 is 0 Å². The van der Waals surface area contributed by atoms with Crippen LogP contribution in [0.4, 0.5) is 0 Å². The lowest BCUT2D eigenvalue weighted by molar-refractivity contribution is 0.283. The van der Waals surface area contributed by atoms with Gasteiger partial charge in [-0.3, -0.25) is 0 Å². The van der Waals surface area contributed by atoms with Gasteiger partial charge >= 0.3 is 0 Å². The predicted octanol–water partition coefficient (Wildman–Crippen LogP) is 3.75. The van der Waals surface area contributed by atoms with E-state index in [0.29, 0.717) is 5.92 Å². The first-order chi connectivity index (χ1) is 8.85. The van der Waals surface area contributed by atoms with Gasteiger partial charge in [0.1, 0.15) is 11.5 Å². The molecule has 2 heteroatoms. The van der Waals surface area contributed by atoms with Crippen LogP contribution in [0.5, 0.6) is 0 Å². The standard InChI is InChI=1S/C16H20O2/c1-2-15(13-7-4-3-5-8-13)16-11-10-14(18-16)9-6-12-17/h3-5,7-8,10-11,15,17H,2,6,9,12H2,1H3. The van der Waals surface area contributed by atoms with E-state index in [1.165, 1.54) is 5.56 Å². The highest BCUT2D eigenvalue weighted by Crippen LogP contribution is 2.29. The fraction of sp³-hybridized carbons (Fsp3) is 0.375. The van der Waals surface area contributed by atoms with Gasteiger partial charge in [0, 0.05) is 18.9 Å². The zero-order chi connectivity index (χ0) is 12.8. The Balaban J connectivity index is 2.15. The molecule has 0 fully saturated rings. The van der Waals surface area contributed by atoms with Crippen LogP contribution in [0, 0.1) is 0 Å². The molecule has 0 amide bonds. The molecule has 2 aromatic rings. The highest BCUT2D eigenvalue weighted by molar-refractivity contribution is 5.27. The first-order valence-corrected chi connectivity index (χ1v) is 6.59. The Morgan fingerprint density at radius 3 is 2.56 bits per heavy atom.